The van der Waals surface area contributed by atoms with Gasteiger partial charge in [-0.3, -0.25) is 34.1 Å². The van der Waals surface area contributed by atoms with Crippen LogP contribution < -0.4 is 31.7 Å². The van der Waals surface area contributed by atoms with E-state index >= 15 is 0 Å². The van der Waals surface area contributed by atoms with Crippen LogP contribution in [0.1, 0.15) is 55.8 Å². The summed E-state index contributed by atoms with van der Waals surface area (Å²) in [4.78, 5) is 73.7. The first-order valence-electron chi connectivity index (χ1n) is 12.6. The van der Waals surface area contributed by atoms with Gasteiger partial charge in [0, 0.05) is 18.6 Å². The largest absolute Gasteiger partial charge is 0.493 e. The molecule has 0 aromatic heterocycles. The standard InChI is InChI=1S/C24H34N6O9/c1-2-5-16-23(35)28-17(6-3-4-10-25)24(36)29-18(22(34)26-13-20(31)32)9-11-39-19-8-7-14(30(37)38)12-15(19)21(33)27-16/h7-8,12,16-18H,2-6,9-11,13,25H2,1H3,(H,26,34)(H,27,33)(H,28,35)(H,29,36)(H,31,32)/t16-,17?,18-/m0/s1. The number of unbranched alkanes of at least 4 members (excludes halogenated alkanes) is 1. The third kappa shape index (κ3) is 9.52. The Labute approximate surface area is 224 Å². The molecule has 0 aliphatic carbocycles. The molecular formula is C24H34N6O9. The molecule has 2 rings (SSSR count). The van der Waals surface area contributed by atoms with E-state index in [2.05, 4.69) is 21.3 Å². The molecule has 1 aromatic carbocycles. The topological polar surface area (TPSA) is 232 Å². The molecule has 1 aliphatic heterocycles. The zero-order valence-corrected chi connectivity index (χ0v) is 21.6. The molecule has 15 nitrogen and oxygen atoms in total. The van der Waals surface area contributed by atoms with Gasteiger partial charge in [0.1, 0.15) is 30.4 Å². The number of nitro benzene ring substituents is 1. The summed E-state index contributed by atoms with van der Waals surface area (Å²) < 4.78 is 5.66. The van der Waals surface area contributed by atoms with Crippen molar-refractivity contribution in [2.45, 2.75) is 63.6 Å². The molecule has 0 radical (unpaired) electrons. The molecule has 214 valence electrons. The number of carboxylic acid groups (broad SMARTS) is 1. The molecule has 1 unspecified atom stereocenters. The summed E-state index contributed by atoms with van der Waals surface area (Å²) in [5.41, 5.74) is 4.99. The van der Waals surface area contributed by atoms with Crippen LogP contribution in [0.2, 0.25) is 0 Å². The number of carbonyl (C=O) groups is 5. The number of nitro groups is 1. The summed E-state index contributed by atoms with van der Waals surface area (Å²) >= 11 is 0. The summed E-state index contributed by atoms with van der Waals surface area (Å²) in [5.74, 6) is -4.25. The van der Waals surface area contributed by atoms with Crippen LogP contribution in [0.3, 0.4) is 0 Å². The molecule has 1 aromatic rings. The quantitative estimate of drug-likeness (QED) is 0.125. The van der Waals surface area contributed by atoms with Gasteiger partial charge >= 0.3 is 5.97 Å². The molecule has 15 heteroatoms. The van der Waals surface area contributed by atoms with Gasteiger partial charge in [0.15, 0.2) is 0 Å². The van der Waals surface area contributed by atoms with E-state index in [0.29, 0.717) is 25.8 Å². The number of nitrogens with one attached hydrogen (secondary N) is 4. The van der Waals surface area contributed by atoms with Gasteiger partial charge in [-0.2, -0.15) is 0 Å². The number of carboxylic acids is 1. The molecule has 0 fully saturated rings. The van der Waals surface area contributed by atoms with Gasteiger partial charge in [-0.15, -0.1) is 0 Å². The smallest absolute Gasteiger partial charge is 0.322 e. The number of hydrogen-bond donors (Lipinski definition) is 6. The van der Waals surface area contributed by atoms with Crippen LogP contribution in [0.25, 0.3) is 0 Å². The molecule has 39 heavy (non-hydrogen) atoms. The van der Waals surface area contributed by atoms with E-state index in [0.717, 1.165) is 12.1 Å². The van der Waals surface area contributed by atoms with Gasteiger partial charge in [0.2, 0.25) is 17.7 Å². The minimum atomic E-state index is -1.29. The van der Waals surface area contributed by atoms with Crippen molar-refractivity contribution in [3.05, 3.63) is 33.9 Å². The molecule has 1 heterocycles. The predicted octanol–water partition coefficient (Wildman–Crippen LogP) is -0.425. The Morgan fingerprint density at radius 2 is 1.82 bits per heavy atom. The fourth-order valence-electron chi connectivity index (χ4n) is 3.88. The highest BCUT2D eigenvalue weighted by atomic mass is 16.6. The highest BCUT2D eigenvalue weighted by Crippen LogP contribution is 2.25. The highest BCUT2D eigenvalue weighted by molar-refractivity contribution is 6.01. The third-order valence-electron chi connectivity index (χ3n) is 5.91. The zero-order chi connectivity index (χ0) is 28.9. The van der Waals surface area contributed by atoms with Crippen molar-refractivity contribution in [1.29, 1.82) is 0 Å². The lowest BCUT2D eigenvalue weighted by Gasteiger charge is -2.26. The van der Waals surface area contributed by atoms with Crippen molar-refractivity contribution in [2.75, 3.05) is 19.7 Å². The van der Waals surface area contributed by atoms with Crippen molar-refractivity contribution >= 4 is 35.3 Å². The van der Waals surface area contributed by atoms with Gasteiger partial charge in [-0.25, -0.2) is 0 Å². The number of ether oxygens (including phenoxy) is 1. The fourth-order valence-corrected chi connectivity index (χ4v) is 3.88. The van der Waals surface area contributed by atoms with E-state index in [4.69, 9.17) is 15.6 Å². The molecular weight excluding hydrogens is 516 g/mol. The molecule has 0 bridgehead atoms. The Morgan fingerprint density at radius 3 is 2.46 bits per heavy atom. The number of carbonyl (C=O) groups excluding carboxylic acids is 4. The summed E-state index contributed by atoms with van der Waals surface area (Å²) in [7, 11) is 0. The number of amides is 4. The van der Waals surface area contributed by atoms with Crippen LogP contribution in [-0.4, -0.2) is 77.4 Å². The van der Waals surface area contributed by atoms with E-state index in [1.807, 2.05) is 0 Å². The maximum Gasteiger partial charge on any atom is 0.322 e. The first-order chi connectivity index (χ1) is 18.6. The third-order valence-corrected chi connectivity index (χ3v) is 5.91. The fraction of sp³-hybridized carbons (Fsp3) is 0.542. The summed E-state index contributed by atoms with van der Waals surface area (Å²) in [5, 5.41) is 30.2. The normalized spacial score (nSPS) is 20.3. The maximum absolute atomic E-state index is 13.2. The van der Waals surface area contributed by atoms with Crippen molar-refractivity contribution in [3.63, 3.8) is 0 Å². The van der Waals surface area contributed by atoms with Crippen LogP contribution in [-0.2, 0) is 19.2 Å². The number of rotatable bonds is 10. The summed E-state index contributed by atoms with van der Waals surface area (Å²) in [6.45, 7) is 1.25. The Balaban J connectivity index is 2.47. The van der Waals surface area contributed by atoms with Crippen molar-refractivity contribution in [1.82, 2.24) is 21.3 Å². The maximum atomic E-state index is 13.2. The Hall–Kier alpha value is -4.27. The monoisotopic (exact) mass is 550 g/mol. The summed E-state index contributed by atoms with van der Waals surface area (Å²) in [6.07, 6.45) is 1.80. The Kier molecular flexibility index (Phi) is 12.1. The molecule has 3 atom stereocenters. The van der Waals surface area contributed by atoms with Gasteiger partial charge in [0.05, 0.1) is 17.1 Å². The average Bonchev–Trinajstić information content (AvgIpc) is 2.89. The molecule has 0 spiro atoms. The Morgan fingerprint density at radius 1 is 1.13 bits per heavy atom. The first-order valence-corrected chi connectivity index (χ1v) is 12.6. The van der Waals surface area contributed by atoms with Gasteiger partial charge in [-0.05, 0) is 38.3 Å². The predicted molar refractivity (Wildman–Crippen MR) is 137 cm³/mol. The van der Waals surface area contributed by atoms with Crippen molar-refractivity contribution in [3.8, 4) is 5.75 Å². The lowest BCUT2D eigenvalue weighted by atomic mass is 10.0. The molecule has 0 saturated carbocycles. The van der Waals surface area contributed by atoms with Gasteiger partial charge in [-0.1, -0.05) is 13.3 Å². The number of aliphatic carboxylic acids is 1. The van der Waals surface area contributed by atoms with Gasteiger partial charge in [0.25, 0.3) is 11.6 Å². The van der Waals surface area contributed by atoms with E-state index in [9.17, 15) is 34.1 Å². The first kappa shape index (κ1) is 31.0. The van der Waals surface area contributed by atoms with Crippen LogP contribution in [0.5, 0.6) is 5.75 Å². The lowest BCUT2D eigenvalue weighted by molar-refractivity contribution is -0.384. The molecule has 0 saturated heterocycles. The number of nitrogens with two attached hydrogens (primary N) is 1. The second-order valence-corrected chi connectivity index (χ2v) is 8.91. The zero-order valence-electron chi connectivity index (χ0n) is 21.6. The van der Waals surface area contributed by atoms with Crippen LogP contribution in [0, 0.1) is 10.1 Å². The van der Waals surface area contributed by atoms with Gasteiger partial charge < -0.3 is 36.8 Å². The number of fused-ring (bicyclic) bond motifs is 1. The number of non-ortho nitro benzene ring substituents is 1. The number of hydrogen-bond acceptors (Lipinski definition) is 9. The van der Waals surface area contributed by atoms with E-state index in [-0.39, 0.29) is 42.9 Å². The average molecular weight is 551 g/mol. The van der Waals surface area contributed by atoms with Crippen LogP contribution >= 0.6 is 0 Å². The SMILES string of the molecule is CCC[C@@H]1NC(=O)c2cc([N+](=O)[O-])ccc2OCC[C@@H](C(=O)NCC(=O)O)NC(=O)C(CCCCN)NC1=O. The van der Waals surface area contributed by atoms with Crippen molar-refractivity contribution < 1.29 is 38.7 Å². The molecule has 1 aliphatic rings. The molecule has 7 N–H and O–H groups in total. The minimum Gasteiger partial charge on any atom is -0.493 e. The number of benzene rings is 1. The van der Waals surface area contributed by atoms with Crippen LogP contribution in [0.15, 0.2) is 18.2 Å². The van der Waals surface area contributed by atoms with Crippen molar-refractivity contribution in [2.24, 2.45) is 5.73 Å². The lowest BCUT2D eigenvalue weighted by Crippen LogP contribution is -2.57. The van der Waals surface area contributed by atoms with E-state index in [1.165, 1.54) is 6.07 Å². The second-order valence-electron chi connectivity index (χ2n) is 8.91. The van der Waals surface area contributed by atoms with Crippen LogP contribution in [0.4, 0.5) is 5.69 Å². The minimum absolute atomic E-state index is 0.0403. The van der Waals surface area contributed by atoms with E-state index in [1.54, 1.807) is 6.92 Å². The number of nitrogens with zero attached hydrogens (tertiary/aromatic N) is 1. The van der Waals surface area contributed by atoms with E-state index < -0.39 is 59.2 Å². The second kappa shape index (κ2) is 15.2. The highest BCUT2D eigenvalue weighted by Gasteiger charge is 2.31. The molecule has 4 amide bonds. The summed E-state index contributed by atoms with van der Waals surface area (Å²) in [6, 6.07) is -0.0126. The Bertz CT molecular complexity index is 1080.